The Morgan fingerprint density at radius 1 is 1.37 bits per heavy atom. The molecule has 102 valence electrons. The largest absolute Gasteiger partial charge is 0.508 e. The van der Waals surface area contributed by atoms with Gasteiger partial charge in [-0.3, -0.25) is 0 Å². The summed E-state index contributed by atoms with van der Waals surface area (Å²) in [6.45, 7) is 4.06. The monoisotopic (exact) mass is 297 g/mol. The number of hydrogen-bond donors (Lipinski definition) is 2. The van der Waals surface area contributed by atoms with E-state index in [9.17, 15) is 5.11 Å². The second-order valence-electron chi connectivity index (χ2n) is 4.12. The van der Waals surface area contributed by atoms with Crippen LogP contribution in [0.15, 0.2) is 18.2 Å². The molecule has 2 rings (SSSR count). The summed E-state index contributed by atoms with van der Waals surface area (Å²) >= 11 is 7.62. The molecule has 2 aromatic rings. The van der Waals surface area contributed by atoms with Gasteiger partial charge in [0.05, 0.1) is 5.02 Å². The van der Waals surface area contributed by atoms with E-state index in [1.807, 2.05) is 0 Å². The Morgan fingerprint density at radius 3 is 3.00 bits per heavy atom. The number of nitrogens with one attached hydrogen (secondary N) is 1. The summed E-state index contributed by atoms with van der Waals surface area (Å²) in [5.74, 6) is 0.184. The van der Waals surface area contributed by atoms with Gasteiger partial charge in [0.15, 0.2) is 0 Å². The molecule has 6 heteroatoms. The van der Waals surface area contributed by atoms with Crippen molar-refractivity contribution in [2.45, 2.75) is 19.8 Å². The number of aromatic hydroxyl groups is 1. The highest BCUT2D eigenvalue weighted by Crippen LogP contribution is 2.33. The number of aromatic nitrogens is 2. The van der Waals surface area contributed by atoms with E-state index in [0.29, 0.717) is 5.02 Å². The lowest BCUT2D eigenvalue weighted by molar-refractivity contribution is 0.475. The summed E-state index contributed by atoms with van der Waals surface area (Å²) in [6.07, 6.45) is 1.94. The molecule has 0 amide bonds. The van der Waals surface area contributed by atoms with Crippen molar-refractivity contribution in [3.63, 3.8) is 0 Å². The molecule has 0 radical (unpaired) electrons. The van der Waals surface area contributed by atoms with Crippen molar-refractivity contribution >= 4 is 22.9 Å². The third-order valence-corrected chi connectivity index (χ3v) is 3.99. The molecule has 1 aromatic carbocycles. The minimum atomic E-state index is 0.184. The van der Waals surface area contributed by atoms with Gasteiger partial charge in [-0.1, -0.05) is 29.9 Å². The zero-order valence-corrected chi connectivity index (χ0v) is 12.3. The Hall–Kier alpha value is -1.17. The fourth-order valence-corrected chi connectivity index (χ4v) is 2.86. The SMILES string of the molecule is CCNCCCc1nnc(-c2cc(O)ccc2Cl)s1. The molecule has 0 unspecified atom stereocenters. The van der Waals surface area contributed by atoms with E-state index < -0.39 is 0 Å². The molecule has 2 N–H and O–H groups in total. The van der Waals surface area contributed by atoms with E-state index in [1.54, 1.807) is 18.2 Å². The summed E-state index contributed by atoms with van der Waals surface area (Å²) in [7, 11) is 0. The zero-order valence-electron chi connectivity index (χ0n) is 10.7. The van der Waals surface area contributed by atoms with Crippen molar-refractivity contribution in [1.82, 2.24) is 15.5 Å². The van der Waals surface area contributed by atoms with Crippen LogP contribution in [-0.4, -0.2) is 28.4 Å². The van der Waals surface area contributed by atoms with Gasteiger partial charge in [-0.25, -0.2) is 0 Å². The van der Waals surface area contributed by atoms with Gasteiger partial charge in [0.1, 0.15) is 15.8 Å². The second kappa shape index (κ2) is 6.84. The van der Waals surface area contributed by atoms with E-state index >= 15 is 0 Å². The first-order valence-corrected chi connectivity index (χ1v) is 7.42. The molecule has 0 atom stereocenters. The van der Waals surface area contributed by atoms with Gasteiger partial charge in [0, 0.05) is 12.0 Å². The maximum Gasteiger partial charge on any atom is 0.149 e. The normalized spacial score (nSPS) is 10.8. The summed E-state index contributed by atoms with van der Waals surface area (Å²) in [5.41, 5.74) is 0.733. The van der Waals surface area contributed by atoms with Crippen LogP contribution in [0.4, 0.5) is 0 Å². The molecular weight excluding hydrogens is 282 g/mol. The first-order valence-electron chi connectivity index (χ1n) is 6.22. The topological polar surface area (TPSA) is 58.0 Å². The number of aryl methyl sites for hydroxylation is 1. The summed E-state index contributed by atoms with van der Waals surface area (Å²) in [5, 5.41) is 23.4. The highest BCUT2D eigenvalue weighted by molar-refractivity contribution is 7.14. The summed E-state index contributed by atoms with van der Waals surface area (Å²) in [4.78, 5) is 0. The number of rotatable bonds is 6. The van der Waals surface area contributed by atoms with Crippen LogP contribution in [0.25, 0.3) is 10.6 Å². The van der Waals surface area contributed by atoms with Gasteiger partial charge in [-0.05, 0) is 37.7 Å². The highest BCUT2D eigenvalue weighted by atomic mass is 35.5. The fourth-order valence-electron chi connectivity index (χ4n) is 1.68. The number of benzene rings is 1. The maximum absolute atomic E-state index is 9.50. The van der Waals surface area contributed by atoms with E-state index in [0.717, 1.165) is 41.5 Å². The summed E-state index contributed by atoms with van der Waals surface area (Å²) in [6, 6.07) is 4.84. The van der Waals surface area contributed by atoms with Crippen LogP contribution >= 0.6 is 22.9 Å². The molecule has 0 aliphatic carbocycles. The third-order valence-electron chi connectivity index (χ3n) is 2.64. The summed E-state index contributed by atoms with van der Waals surface area (Å²) < 4.78 is 0. The Balaban J connectivity index is 2.06. The average molecular weight is 298 g/mol. The quantitative estimate of drug-likeness (QED) is 0.804. The Morgan fingerprint density at radius 2 is 2.21 bits per heavy atom. The molecule has 0 aliphatic heterocycles. The molecule has 0 spiro atoms. The number of nitrogens with zero attached hydrogens (tertiary/aromatic N) is 2. The predicted octanol–water partition coefficient (Wildman–Crippen LogP) is 3.11. The van der Waals surface area contributed by atoms with Gasteiger partial charge in [-0.15, -0.1) is 10.2 Å². The second-order valence-corrected chi connectivity index (χ2v) is 5.59. The molecular formula is C13H16ClN3OS. The van der Waals surface area contributed by atoms with Crippen molar-refractivity contribution in [1.29, 1.82) is 0 Å². The zero-order chi connectivity index (χ0) is 13.7. The smallest absolute Gasteiger partial charge is 0.149 e. The van der Waals surface area contributed by atoms with Crippen LogP contribution in [0.2, 0.25) is 5.02 Å². The van der Waals surface area contributed by atoms with E-state index in [2.05, 4.69) is 22.4 Å². The minimum Gasteiger partial charge on any atom is -0.508 e. The molecule has 0 fully saturated rings. The lowest BCUT2D eigenvalue weighted by atomic mass is 10.2. The maximum atomic E-state index is 9.50. The Kier molecular flexibility index (Phi) is 5.13. The molecule has 1 aromatic heterocycles. The van der Waals surface area contributed by atoms with Crippen LogP contribution < -0.4 is 5.32 Å². The molecule has 19 heavy (non-hydrogen) atoms. The van der Waals surface area contributed by atoms with Crippen molar-refractivity contribution in [2.75, 3.05) is 13.1 Å². The van der Waals surface area contributed by atoms with Crippen molar-refractivity contribution < 1.29 is 5.11 Å². The van der Waals surface area contributed by atoms with Crippen LogP contribution in [0.5, 0.6) is 5.75 Å². The van der Waals surface area contributed by atoms with E-state index in [-0.39, 0.29) is 5.75 Å². The van der Waals surface area contributed by atoms with Crippen LogP contribution in [-0.2, 0) is 6.42 Å². The lowest BCUT2D eigenvalue weighted by Gasteiger charge is -2.00. The van der Waals surface area contributed by atoms with Gasteiger partial charge in [0.2, 0.25) is 0 Å². The van der Waals surface area contributed by atoms with Crippen molar-refractivity contribution in [3.05, 3.63) is 28.2 Å². The molecule has 0 bridgehead atoms. The fraction of sp³-hybridized carbons (Fsp3) is 0.385. The number of hydrogen-bond acceptors (Lipinski definition) is 5. The van der Waals surface area contributed by atoms with Crippen molar-refractivity contribution in [2.24, 2.45) is 0 Å². The lowest BCUT2D eigenvalue weighted by Crippen LogP contribution is -2.14. The van der Waals surface area contributed by atoms with Crippen LogP contribution in [0, 0.1) is 0 Å². The van der Waals surface area contributed by atoms with Gasteiger partial charge >= 0.3 is 0 Å². The highest BCUT2D eigenvalue weighted by Gasteiger charge is 2.10. The van der Waals surface area contributed by atoms with Gasteiger partial charge in [0.25, 0.3) is 0 Å². The molecule has 4 nitrogen and oxygen atoms in total. The average Bonchev–Trinajstić information content (AvgIpc) is 2.86. The van der Waals surface area contributed by atoms with E-state index in [1.165, 1.54) is 11.3 Å². The first kappa shape index (κ1) is 14.2. The van der Waals surface area contributed by atoms with Crippen LogP contribution in [0.3, 0.4) is 0 Å². The van der Waals surface area contributed by atoms with E-state index in [4.69, 9.17) is 11.6 Å². The predicted molar refractivity (Wildman–Crippen MR) is 78.9 cm³/mol. The molecule has 0 saturated heterocycles. The number of phenols is 1. The molecule has 0 saturated carbocycles. The Bertz CT molecular complexity index is 544. The minimum absolute atomic E-state index is 0.184. The van der Waals surface area contributed by atoms with Gasteiger partial charge in [-0.2, -0.15) is 0 Å². The van der Waals surface area contributed by atoms with Crippen molar-refractivity contribution in [3.8, 4) is 16.3 Å². The number of phenolic OH excluding ortho intramolecular Hbond substituents is 1. The van der Waals surface area contributed by atoms with Crippen LogP contribution in [0.1, 0.15) is 18.4 Å². The number of halogens is 1. The molecule has 1 heterocycles. The first-order chi connectivity index (χ1) is 9.20. The van der Waals surface area contributed by atoms with Gasteiger partial charge < -0.3 is 10.4 Å². The molecule has 0 aliphatic rings. The Labute approximate surface area is 121 Å². The third kappa shape index (κ3) is 3.89. The standard InChI is InChI=1S/C13H16ClN3OS/c1-2-15-7-3-4-12-16-17-13(19-12)10-8-9(18)5-6-11(10)14/h5-6,8,15,18H,2-4,7H2,1H3.